The lowest BCUT2D eigenvalue weighted by molar-refractivity contribution is 0.445. The van der Waals surface area contributed by atoms with Crippen LogP contribution in [0.3, 0.4) is 0 Å². The zero-order chi connectivity index (χ0) is 41.4. The summed E-state index contributed by atoms with van der Waals surface area (Å²) in [4.78, 5) is 2.42. The quantitative estimate of drug-likeness (QED) is 0.106. The molecule has 4 aliphatic rings. The fourth-order valence-corrected chi connectivity index (χ4v) is 10.7. The molecule has 1 heteroatoms. The largest absolute Gasteiger partial charge is 0.310 e. The lowest BCUT2D eigenvalue weighted by Crippen LogP contribution is -2.36. The van der Waals surface area contributed by atoms with E-state index in [2.05, 4.69) is 234 Å². The zero-order valence-corrected chi connectivity index (χ0v) is 35.5. The highest BCUT2D eigenvalue weighted by atomic mass is 15.1. The van der Waals surface area contributed by atoms with E-state index in [-0.39, 0.29) is 11.3 Å². The minimum atomic E-state index is -0.459. The maximum Gasteiger partial charge on any atom is 0.0549 e. The minimum absolute atomic E-state index is 0.00444. The number of anilines is 3. The monoisotopic (exact) mass is 775 g/mol. The Bertz CT molecular complexity index is 2750. The molecule has 0 N–H and O–H groups in total. The van der Waals surface area contributed by atoms with E-state index >= 15 is 0 Å². The molecule has 3 atom stereocenters. The van der Waals surface area contributed by atoms with Gasteiger partial charge in [0, 0.05) is 39.3 Å². The fourth-order valence-electron chi connectivity index (χ4n) is 10.7. The van der Waals surface area contributed by atoms with Crippen LogP contribution < -0.4 is 4.90 Å². The van der Waals surface area contributed by atoms with Gasteiger partial charge in [-0.15, -0.1) is 6.42 Å². The highest BCUT2D eigenvalue weighted by Gasteiger charge is 2.50. The van der Waals surface area contributed by atoms with Gasteiger partial charge in [-0.05, 0) is 114 Å². The van der Waals surface area contributed by atoms with E-state index in [0.717, 1.165) is 41.0 Å². The average molecular weight is 776 g/mol. The van der Waals surface area contributed by atoms with Crippen molar-refractivity contribution in [1.29, 1.82) is 0 Å². The molecule has 0 aliphatic heterocycles. The Hall–Kier alpha value is -6.62. The zero-order valence-electron chi connectivity index (χ0n) is 35.5. The van der Waals surface area contributed by atoms with Gasteiger partial charge < -0.3 is 4.90 Å². The molecule has 294 valence electrons. The van der Waals surface area contributed by atoms with Crippen molar-refractivity contribution < 1.29 is 0 Å². The number of allylic oxidation sites excluding steroid dienone is 16. The lowest BCUT2D eigenvalue weighted by Gasteiger charge is -2.41. The van der Waals surface area contributed by atoms with Crippen molar-refractivity contribution >= 4 is 28.2 Å². The van der Waals surface area contributed by atoms with Gasteiger partial charge in [0.05, 0.1) is 5.69 Å². The summed E-state index contributed by atoms with van der Waals surface area (Å²) in [6.07, 6.45) is 33.6. The van der Waals surface area contributed by atoms with Gasteiger partial charge in [0.15, 0.2) is 0 Å². The Morgan fingerprint density at radius 1 is 0.733 bits per heavy atom. The summed E-state index contributed by atoms with van der Waals surface area (Å²) in [5.74, 6) is 3.90. The van der Waals surface area contributed by atoms with Crippen molar-refractivity contribution in [3.05, 3.63) is 233 Å². The molecule has 0 saturated carbocycles. The van der Waals surface area contributed by atoms with Gasteiger partial charge in [0.2, 0.25) is 0 Å². The molecule has 3 unspecified atom stereocenters. The van der Waals surface area contributed by atoms with Crippen LogP contribution >= 0.6 is 0 Å². The fraction of sp³-hybridized carbons (Fsp3) is 0.186. The van der Waals surface area contributed by atoms with E-state index in [9.17, 15) is 0 Å². The van der Waals surface area contributed by atoms with E-state index in [4.69, 9.17) is 6.42 Å². The third-order valence-electron chi connectivity index (χ3n) is 13.5. The van der Waals surface area contributed by atoms with E-state index in [1.165, 1.54) is 55.7 Å². The Morgan fingerprint density at radius 3 is 2.10 bits per heavy atom. The number of benzene rings is 5. The van der Waals surface area contributed by atoms with Gasteiger partial charge in [0.25, 0.3) is 0 Å². The third-order valence-corrected chi connectivity index (χ3v) is 13.5. The van der Waals surface area contributed by atoms with Crippen LogP contribution in [0.5, 0.6) is 0 Å². The van der Waals surface area contributed by atoms with Crippen molar-refractivity contribution in [1.82, 2.24) is 0 Å². The predicted molar refractivity (Wildman–Crippen MR) is 257 cm³/mol. The molecule has 4 aliphatic carbocycles. The summed E-state index contributed by atoms with van der Waals surface area (Å²) in [6, 6.07) is 44.6. The molecular weight excluding hydrogens is 723 g/mol. The molecule has 0 bridgehead atoms. The molecule has 9 rings (SSSR count). The van der Waals surface area contributed by atoms with Crippen molar-refractivity contribution in [3.63, 3.8) is 0 Å². The SMILES string of the molecule is C#CC1=C(/C=C\C)C(/C(C)=C/C=C\C)(C2C=CC=CC2)c2cccc(N(c3ccc(C4=CCC5C(=C4)C(C)(C)c4ccccc45)cc3)c3ccc(-c4ccccc4)cc3)c21. The minimum Gasteiger partial charge on any atom is -0.310 e. The van der Waals surface area contributed by atoms with Crippen molar-refractivity contribution in [2.45, 2.75) is 64.2 Å². The molecule has 0 fully saturated rings. The highest BCUT2D eigenvalue weighted by Crippen LogP contribution is 2.60. The van der Waals surface area contributed by atoms with Crippen LogP contribution in [0.25, 0.3) is 22.3 Å². The average Bonchev–Trinajstić information content (AvgIpc) is 3.72. The Morgan fingerprint density at radius 2 is 1.42 bits per heavy atom. The first-order valence-corrected chi connectivity index (χ1v) is 21.5. The second kappa shape index (κ2) is 15.9. The topological polar surface area (TPSA) is 3.24 Å². The maximum absolute atomic E-state index is 6.70. The molecule has 0 spiro atoms. The molecule has 0 heterocycles. The molecule has 5 aromatic rings. The van der Waals surface area contributed by atoms with Crippen LogP contribution in [-0.4, -0.2) is 0 Å². The van der Waals surface area contributed by atoms with Crippen LogP contribution in [0, 0.1) is 18.3 Å². The highest BCUT2D eigenvalue weighted by molar-refractivity contribution is 6.00. The summed E-state index contributed by atoms with van der Waals surface area (Å²) in [5, 5.41) is 0. The predicted octanol–water partition coefficient (Wildman–Crippen LogP) is 15.5. The number of rotatable bonds is 9. The van der Waals surface area contributed by atoms with Gasteiger partial charge in [-0.2, -0.15) is 0 Å². The van der Waals surface area contributed by atoms with Gasteiger partial charge >= 0.3 is 0 Å². The Labute approximate surface area is 357 Å². The first-order chi connectivity index (χ1) is 29.3. The molecule has 1 nitrogen and oxygen atoms in total. The van der Waals surface area contributed by atoms with E-state index < -0.39 is 5.41 Å². The van der Waals surface area contributed by atoms with Crippen molar-refractivity contribution in [3.8, 4) is 23.5 Å². The van der Waals surface area contributed by atoms with Crippen LogP contribution in [0.1, 0.15) is 81.2 Å². The summed E-state index contributed by atoms with van der Waals surface area (Å²) in [6.45, 7) is 11.2. The first kappa shape index (κ1) is 38.9. The number of nitrogens with zero attached hydrogens (tertiary/aromatic N) is 1. The normalized spacial score (nSPS) is 21.4. The molecule has 60 heavy (non-hydrogen) atoms. The Kier molecular flexibility index (Phi) is 10.3. The van der Waals surface area contributed by atoms with Crippen LogP contribution in [0.15, 0.2) is 205 Å². The van der Waals surface area contributed by atoms with Crippen LogP contribution in [0.4, 0.5) is 17.1 Å². The van der Waals surface area contributed by atoms with Gasteiger partial charge in [-0.3, -0.25) is 0 Å². The van der Waals surface area contributed by atoms with Crippen molar-refractivity contribution in [2.24, 2.45) is 5.92 Å². The number of fused-ring (bicyclic) bond motifs is 4. The number of hydrogen-bond donors (Lipinski definition) is 0. The molecular formula is C59H53N. The molecule has 0 amide bonds. The second-order valence-electron chi connectivity index (χ2n) is 17.0. The lowest BCUT2D eigenvalue weighted by atomic mass is 9.61. The van der Waals surface area contributed by atoms with E-state index in [0.29, 0.717) is 5.92 Å². The molecule has 0 saturated heterocycles. The Balaban J connectivity index is 1.21. The van der Waals surface area contributed by atoms with Crippen molar-refractivity contribution in [2.75, 3.05) is 4.90 Å². The smallest absolute Gasteiger partial charge is 0.0549 e. The van der Waals surface area contributed by atoms with Gasteiger partial charge in [0.1, 0.15) is 0 Å². The standard InChI is InChI=1S/C59H53N/c1-7-10-21-41(4)59(46-24-15-12-16-25-46)53(20-8-2)49(9-3)57-54(59)28-19-29-56(57)60(47-35-30-43(31-36-47)42-22-13-11-14-23-42)48-37-32-44(33-38-48)45-34-39-51-50-26-17-18-27-52(50)58(5,6)55(51)40-45/h3,7-8,10-24,26-38,40,46,51H,25,39H2,1-2,4-6H3/b10-7-,20-8-,41-21+. The van der Waals surface area contributed by atoms with Crippen LogP contribution in [0.2, 0.25) is 0 Å². The maximum atomic E-state index is 6.70. The third kappa shape index (κ3) is 6.26. The summed E-state index contributed by atoms with van der Waals surface area (Å²) in [5.41, 5.74) is 17.9. The second-order valence-corrected chi connectivity index (χ2v) is 17.0. The van der Waals surface area contributed by atoms with Crippen LogP contribution in [-0.2, 0) is 10.8 Å². The summed E-state index contributed by atoms with van der Waals surface area (Å²) >= 11 is 0. The van der Waals surface area contributed by atoms with E-state index in [1.807, 2.05) is 0 Å². The molecule has 0 aromatic heterocycles. The van der Waals surface area contributed by atoms with Gasteiger partial charge in [-0.1, -0.05) is 189 Å². The van der Waals surface area contributed by atoms with E-state index in [1.54, 1.807) is 0 Å². The number of hydrogen-bond acceptors (Lipinski definition) is 1. The molecule has 5 aromatic carbocycles. The summed E-state index contributed by atoms with van der Waals surface area (Å²) in [7, 11) is 0. The first-order valence-electron chi connectivity index (χ1n) is 21.5. The number of terminal acetylenes is 1. The van der Waals surface area contributed by atoms with Gasteiger partial charge in [-0.25, -0.2) is 0 Å². The molecule has 0 radical (unpaired) electrons. The summed E-state index contributed by atoms with van der Waals surface area (Å²) < 4.78 is 0.